The fraction of sp³-hybridized carbons (Fsp3) is 1.00. The van der Waals surface area contributed by atoms with E-state index in [0.717, 1.165) is 0 Å². The largest absolute Gasteiger partial charge is 0.746 e. The van der Waals surface area contributed by atoms with Crippen LogP contribution in [0.2, 0.25) is 0 Å². The van der Waals surface area contributed by atoms with Crippen molar-refractivity contribution in [1.82, 2.24) is 15.8 Å². The second kappa shape index (κ2) is 4.59. The maximum atomic E-state index is 10.5. The first-order valence-electron chi connectivity index (χ1n) is 3.13. The summed E-state index contributed by atoms with van der Waals surface area (Å²) >= 11 is 0. The van der Waals surface area contributed by atoms with Gasteiger partial charge >= 0.3 is 0 Å². The zero-order valence-electron chi connectivity index (χ0n) is 6.79. The summed E-state index contributed by atoms with van der Waals surface area (Å²) in [5.74, 6) is 0. The highest BCUT2D eigenvalue weighted by Crippen LogP contribution is 1.94. The van der Waals surface area contributed by atoms with E-state index < -0.39 is 0 Å². The summed E-state index contributed by atoms with van der Waals surface area (Å²) in [5.41, 5.74) is 2.26. The van der Waals surface area contributed by atoms with Crippen molar-refractivity contribution >= 4 is 0 Å². The molecule has 0 spiro atoms. The molecule has 62 valence electrons. The van der Waals surface area contributed by atoms with Gasteiger partial charge < -0.3 is 5.21 Å². The number of hydroxylamine groups is 2. The molecule has 5 heteroatoms. The van der Waals surface area contributed by atoms with E-state index in [2.05, 4.69) is 10.4 Å². The van der Waals surface area contributed by atoms with Crippen molar-refractivity contribution in [2.24, 2.45) is 0 Å². The van der Waals surface area contributed by atoms with Crippen molar-refractivity contribution in [3.05, 3.63) is 5.21 Å². The lowest BCUT2D eigenvalue weighted by molar-refractivity contribution is -0.322. The van der Waals surface area contributed by atoms with Crippen LogP contribution in [0.5, 0.6) is 0 Å². The first-order chi connectivity index (χ1) is 4.57. The molecule has 0 aromatic carbocycles. The number of nitrogens with one attached hydrogen (secondary N) is 1. The molecule has 0 heterocycles. The van der Waals surface area contributed by atoms with Crippen molar-refractivity contribution < 1.29 is 4.94 Å². The summed E-state index contributed by atoms with van der Waals surface area (Å²) in [5, 5.41) is 12.2. The van der Waals surface area contributed by atoms with Gasteiger partial charge in [-0.15, -0.1) is 0 Å². The normalized spacial score (nSPS) is 12.0. The Hall–Kier alpha value is -0.200. The van der Waals surface area contributed by atoms with Crippen LogP contribution in [0.3, 0.4) is 0 Å². The van der Waals surface area contributed by atoms with E-state index in [4.69, 9.17) is 0 Å². The Balaban J connectivity index is 3.46. The van der Waals surface area contributed by atoms with Gasteiger partial charge in [-0.1, -0.05) is 0 Å². The van der Waals surface area contributed by atoms with E-state index in [1.165, 1.54) is 12.1 Å². The van der Waals surface area contributed by atoms with Crippen molar-refractivity contribution in [2.75, 3.05) is 14.1 Å². The maximum absolute atomic E-state index is 10.5. The molecule has 0 aliphatic carbocycles. The minimum Gasteiger partial charge on any atom is -0.746 e. The van der Waals surface area contributed by atoms with Crippen LogP contribution < -0.4 is 5.43 Å². The molecule has 0 aliphatic heterocycles. The van der Waals surface area contributed by atoms with Crippen LogP contribution in [0, 0.1) is 5.21 Å². The van der Waals surface area contributed by atoms with E-state index in [1.54, 1.807) is 7.05 Å². The molecule has 0 radical (unpaired) electrons. The molecule has 0 rings (SSSR count). The molecule has 0 aliphatic rings. The van der Waals surface area contributed by atoms with Crippen LogP contribution in [0.15, 0.2) is 0 Å². The van der Waals surface area contributed by atoms with E-state index in [9.17, 15) is 5.21 Å². The van der Waals surface area contributed by atoms with Crippen LogP contribution in [-0.2, 0) is 4.94 Å². The standard InChI is InChI=1S/C5H14N3O2/c1-5(2)7(4)10-8(9)6-3/h5-6H,1-4H3/q-1. The van der Waals surface area contributed by atoms with Crippen LogP contribution in [-0.4, -0.2) is 30.5 Å². The lowest BCUT2D eigenvalue weighted by Gasteiger charge is -2.31. The third-order valence-corrected chi connectivity index (χ3v) is 1.11. The quantitative estimate of drug-likeness (QED) is 0.573. The van der Waals surface area contributed by atoms with Gasteiger partial charge in [0.2, 0.25) is 0 Å². The second-order valence-corrected chi connectivity index (χ2v) is 2.20. The minimum atomic E-state index is 0.185. The van der Waals surface area contributed by atoms with Gasteiger partial charge in [0.15, 0.2) is 0 Å². The highest BCUT2D eigenvalue weighted by Gasteiger charge is 2.02. The predicted molar refractivity (Wildman–Crippen MR) is 38.2 cm³/mol. The van der Waals surface area contributed by atoms with Crippen molar-refractivity contribution in [3.63, 3.8) is 0 Å². The van der Waals surface area contributed by atoms with E-state index >= 15 is 0 Å². The summed E-state index contributed by atoms with van der Waals surface area (Å²) in [6.07, 6.45) is 0. The monoisotopic (exact) mass is 148 g/mol. The first kappa shape index (κ1) is 9.80. The number of nitrogens with zero attached hydrogens (tertiary/aromatic N) is 2. The Morgan fingerprint density at radius 1 is 1.50 bits per heavy atom. The Bertz CT molecular complexity index is 89.0. The van der Waals surface area contributed by atoms with Gasteiger partial charge in [-0.25, -0.2) is 10.4 Å². The number of hydrogen-bond donors (Lipinski definition) is 1. The van der Waals surface area contributed by atoms with Gasteiger partial charge in [-0.2, -0.15) is 10.4 Å². The van der Waals surface area contributed by atoms with Gasteiger partial charge in [-0.3, -0.25) is 0 Å². The molecule has 0 saturated carbocycles. The highest BCUT2D eigenvalue weighted by molar-refractivity contribution is 4.42. The summed E-state index contributed by atoms with van der Waals surface area (Å²) in [7, 11) is 3.17. The summed E-state index contributed by atoms with van der Waals surface area (Å²) in [4.78, 5) is 4.66. The SMILES string of the molecule is CNN([O-])ON(C)C(C)C. The molecule has 0 fully saturated rings. The Kier molecular flexibility index (Phi) is 4.50. The number of hydrazine groups is 1. The van der Waals surface area contributed by atoms with Gasteiger partial charge in [0.1, 0.15) is 0 Å². The molecule has 0 aromatic heterocycles. The Morgan fingerprint density at radius 3 is 2.30 bits per heavy atom. The predicted octanol–water partition coefficient (Wildman–Crippen LogP) is 0.107. The molecule has 1 N–H and O–H groups in total. The lowest BCUT2D eigenvalue weighted by Crippen LogP contribution is -2.39. The molecular formula is C5H14N3O2-. The third-order valence-electron chi connectivity index (χ3n) is 1.11. The van der Waals surface area contributed by atoms with E-state index in [1.807, 2.05) is 13.8 Å². The molecule has 0 atom stereocenters. The molecular weight excluding hydrogens is 134 g/mol. The molecule has 10 heavy (non-hydrogen) atoms. The summed E-state index contributed by atoms with van der Waals surface area (Å²) < 4.78 is 0. The van der Waals surface area contributed by atoms with Crippen LogP contribution in [0.4, 0.5) is 0 Å². The van der Waals surface area contributed by atoms with Crippen LogP contribution in [0.25, 0.3) is 0 Å². The lowest BCUT2D eigenvalue weighted by atomic mass is 10.4. The van der Waals surface area contributed by atoms with Crippen molar-refractivity contribution in [2.45, 2.75) is 19.9 Å². The van der Waals surface area contributed by atoms with Crippen LogP contribution in [0.1, 0.15) is 13.8 Å². The molecule has 0 aromatic rings. The average Bonchev–Trinajstić information content (AvgIpc) is 1.87. The Morgan fingerprint density at radius 2 is 2.00 bits per heavy atom. The van der Waals surface area contributed by atoms with E-state index in [0.29, 0.717) is 5.34 Å². The van der Waals surface area contributed by atoms with Crippen molar-refractivity contribution in [3.8, 4) is 0 Å². The average molecular weight is 148 g/mol. The zero-order valence-corrected chi connectivity index (χ0v) is 6.79. The van der Waals surface area contributed by atoms with Crippen molar-refractivity contribution in [1.29, 1.82) is 0 Å². The summed E-state index contributed by atoms with van der Waals surface area (Å²) in [6, 6.07) is 0.185. The highest BCUT2D eigenvalue weighted by atomic mass is 17.0. The molecule has 0 amide bonds. The third kappa shape index (κ3) is 3.76. The Labute approximate surface area is 61.0 Å². The second-order valence-electron chi connectivity index (χ2n) is 2.20. The van der Waals surface area contributed by atoms with Gasteiger partial charge in [0.05, 0.1) is 0 Å². The maximum Gasteiger partial charge on any atom is 0.0312 e. The van der Waals surface area contributed by atoms with Gasteiger partial charge in [0, 0.05) is 20.1 Å². The molecule has 0 unspecified atom stereocenters. The molecule has 0 bridgehead atoms. The fourth-order valence-corrected chi connectivity index (χ4v) is 0.252. The number of rotatable bonds is 4. The van der Waals surface area contributed by atoms with Gasteiger partial charge in [-0.05, 0) is 13.8 Å². The topological polar surface area (TPSA) is 50.8 Å². The van der Waals surface area contributed by atoms with Gasteiger partial charge in [0.25, 0.3) is 0 Å². The molecule has 0 saturated heterocycles. The zero-order chi connectivity index (χ0) is 8.15. The summed E-state index contributed by atoms with van der Waals surface area (Å²) in [6.45, 7) is 3.84. The van der Waals surface area contributed by atoms with Crippen LogP contribution >= 0.6 is 0 Å². The number of hydrogen-bond acceptors (Lipinski definition) is 5. The molecule has 5 nitrogen and oxygen atoms in total. The fourth-order valence-electron chi connectivity index (χ4n) is 0.252. The van der Waals surface area contributed by atoms with E-state index in [-0.39, 0.29) is 6.04 Å². The minimum absolute atomic E-state index is 0.185. The smallest absolute Gasteiger partial charge is 0.0312 e. The first-order valence-corrected chi connectivity index (χ1v) is 3.13.